The standard InChI is InChI=1S/C27H28N2O4/c1-17-7-8-19(13-18(17)2)29-25(23-12-10-21(31-4)15-27(23)33-6)16-24(28-29)22-11-9-20(30-3)14-26(22)32-5/h7-16H,1-6H3. The van der Waals surface area contributed by atoms with Gasteiger partial charge in [0.05, 0.1) is 45.5 Å². The van der Waals surface area contributed by atoms with Crippen LogP contribution in [0.2, 0.25) is 0 Å². The lowest BCUT2D eigenvalue weighted by Gasteiger charge is -2.13. The SMILES string of the molecule is COc1ccc(-c2cc(-c3ccc(OC)cc3OC)n(-c3ccc(C)c(C)c3)n2)c(OC)c1. The first-order chi connectivity index (χ1) is 16.0. The molecule has 0 atom stereocenters. The summed E-state index contributed by atoms with van der Waals surface area (Å²) >= 11 is 0. The highest BCUT2D eigenvalue weighted by atomic mass is 16.5. The summed E-state index contributed by atoms with van der Waals surface area (Å²) in [5.41, 5.74) is 6.83. The van der Waals surface area contributed by atoms with Crippen molar-refractivity contribution in [2.24, 2.45) is 0 Å². The van der Waals surface area contributed by atoms with Gasteiger partial charge in [0, 0.05) is 23.3 Å². The molecule has 170 valence electrons. The molecule has 6 heteroatoms. The van der Waals surface area contributed by atoms with Gasteiger partial charge in [-0.3, -0.25) is 0 Å². The van der Waals surface area contributed by atoms with Gasteiger partial charge in [0.15, 0.2) is 0 Å². The predicted octanol–water partition coefficient (Wildman–Crippen LogP) is 5.86. The molecule has 0 aliphatic heterocycles. The van der Waals surface area contributed by atoms with Gasteiger partial charge < -0.3 is 18.9 Å². The zero-order chi connectivity index (χ0) is 23.5. The van der Waals surface area contributed by atoms with Crippen molar-refractivity contribution in [1.82, 2.24) is 9.78 Å². The molecule has 1 aromatic heterocycles. The van der Waals surface area contributed by atoms with Gasteiger partial charge >= 0.3 is 0 Å². The van der Waals surface area contributed by atoms with Crippen molar-refractivity contribution in [3.8, 4) is 51.2 Å². The minimum absolute atomic E-state index is 0.687. The molecule has 4 rings (SSSR count). The van der Waals surface area contributed by atoms with E-state index in [9.17, 15) is 0 Å². The summed E-state index contributed by atoms with van der Waals surface area (Å²) < 4.78 is 24.0. The minimum atomic E-state index is 0.687. The summed E-state index contributed by atoms with van der Waals surface area (Å²) in [6.07, 6.45) is 0. The van der Waals surface area contributed by atoms with E-state index < -0.39 is 0 Å². The molecule has 33 heavy (non-hydrogen) atoms. The van der Waals surface area contributed by atoms with Crippen LogP contribution >= 0.6 is 0 Å². The van der Waals surface area contributed by atoms with E-state index in [0.29, 0.717) is 11.5 Å². The van der Waals surface area contributed by atoms with Crippen LogP contribution < -0.4 is 18.9 Å². The van der Waals surface area contributed by atoms with Crippen molar-refractivity contribution in [3.05, 3.63) is 71.8 Å². The first-order valence-electron chi connectivity index (χ1n) is 10.6. The highest BCUT2D eigenvalue weighted by Gasteiger charge is 2.19. The molecule has 0 unspecified atom stereocenters. The molecule has 3 aromatic carbocycles. The average Bonchev–Trinajstić information content (AvgIpc) is 3.29. The Morgan fingerprint density at radius 2 is 1.21 bits per heavy atom. The van der Waals surface area contributed by atoms with Crippen LogP contribution in [0.25, 0.3) is 28.2 Å². The number of hydrogen-bond donors (Lipinski definition) is 0. The molecule has 1 heterocycles. The van der Waals surface area contributed by atoms with Crippen molar-refractivity contribution < 1.29 is 18.9 Å². The Hall–Kier alpha value is -3.93. The molecule has 0 radical (unpaired) electrons. The molecule has 0 aliphatic rings. The second-order valence-corrected chi connectivity index (χ2v) is 7.73. The van der Waals surface area contributed by atoms with Crippen LogP contribution in [-0.2, 0) is 0 Å². The number of aryl methyl sites for hydroxylation is 2. The lowest BCUT2D eigenvalue weighted by molar-refractivity contribution is 0.395. The molecular formula is C27H28N2O4. The third kappa shape index (κ3) is 4.24. The fraction of sp³-hybridized carbons (Fsp3) is 0.222. The van der Waals surface area contributed by atoms with E-state index in [-0.39, 0.29) is 0 Å². The van der Waals surface area contributed by atoms with Gasteiger partial charge in [0.2, 0.25) is 0 Å². The number of aromatic nitrogens is 2. The van der Waals surface area contributed by atoms with E-state index in [1.54, 1.807) is 28.4 Å². The third-order valence-corrected chi connectivity index (χ3v) is 5.81. The molecule has 0 N–H and O–H groups in total. The summed E-state index contributed by atoms with van der Waals surface area (Å²) in [5, 5.41) is 4.99. The minimum Gasteiger partial charge on any atom is -0.497 e. The van der Waals surface area contributed by atoms with E-state index in [4.69, 9.17) is 24.0 Å². The fourth-order valence-electron chi connectivity index (χ4n) is 3.78. The van der Waals surface area contributed by atoms with Crippen LogP contribution in [0.5, 0.6) is 23.0 Å². The Morgan fingerprint density at radius 1 is 0.606 bits per heavy atom. The molecular weight excluding hydrogens is 416 g/mol. The second-order valence-electron chi connectivity index (χ2n) is 7.73. The average molecular weight is 445 g/mol. The van der Waals surface area contributed by atoms with Gasteiger partial charge in [0.1, 0.15) is 23.0 Å². The summed E-state index contributed by atoms with van der Waals surface area (Å²) in [5.74, 6) is 2.84. The number of rotatable bonds is 7. The highest BCUT2D eigenvalue weighted by molar-refractivity contribution is 5.77. The first-order valence-corrected chi connectivity index (χ1v) is 10.6. The number of benzene rings is 3. The van der Waals surface area contributed by atoms with Gasteiger partial charge in [-0.15, -0.1) is 0 Å². The maximum Gasteiger partial charge on any atom is 0.132 e. The van der Waals surface area contributed by atoms with Gasteiger partial charge in [-0.2, -0.15) is 5.10 Å². The normalized spacial score (nSPS) is 10.7. The second kappa shape index (κ2) is 9.28. The van der Waals surface area contributed by atoms with Crippen LogP contribution in [-0.4, -0.2) is 38.2 Å². The van der Waals surface area contributed by atoms with Gasteiger partial charge in [-0.25, -0.2) is 4.68 Å². The van der Waals surface area contributed by atoms with E-state index in [1.165, 1.54) is 11.1 Å². The van der Waals surface area contributed by atoms with Gasteiger partial charge in [0.25, 0.3) is 0 Å². The van der Waals surface area contributed by atoms with Crippen molar-refractivity contribution in [1.29, 1.82) is 0 Å². The number of nitrogens with zero attached hydrogens (tertiary/aromatic N) is 2. The Morgan fingerprint density at radius 3 is 1.79 bits per heavy atom. The maximum absolute atomic E-state index is 5.70. The zero-order valence-corrected chi connectivity index (χ0v) is 19.8. The van der Waals surface area contributed by atoms with Crippen LogP contribution in [0.3, 0.4) is 0 Å². The van der Waals surface area contributed by atoms with Crippen LogP contribution in [0.4, 0.5) is 0 Å². The predicted molar refractivity (Wildman–Crippen MR) is 130 cm³/mol. The Balaban J connectivity index is 1.96. The van der Waals surface area contributed by atoms with E-state index in [2.05, 4.69) is 32.0 Å². The molecule has 6 nitrogen and oxygen atoms in total. The summed E-state index contributed by atoms with van der Waals surface area (Å²) in [6, 6.07) is 19.9. The van der Waals surface area contributed by atoms with Crippen LogP contribution in [0.15, 0.2) is 60.7 Å². The zero-order valence-electron chi connectivity index (χ0n) is 19.8. The van der Waals surface area contributed by atoms with Crippen molar-refractivity contribution in [2.45, 2.75) is 13.8 Å². The van der Waals surface area contributed by atoms with Crippen LogP contribution in [0.1, 0.15) is 11.1 Å². The van der Waals surface area contributed by atoms with Crippen molar-refractivity contribution >= 4 is 0 Å². The molecule has 0 saturated carbocycles. The number of ether oxygens (including phenoxy) is 4. The Labute approximate surface area is 194 Å². The number of hydrogen-bond acceptors (Lipinski definition) is 5. The molecule has 4 aromatic rings. The molecule has 0 aliphatic carbocycles. The number of methoxy groups -OCH3 is 4. The topological polar surface area (TPSA) is 54.7 Å². The monoisotopic (exact) mass is 444 g/mol. The molecule has 0 amide bonds. The fourth-order valence-corrected chi connectivity index (χ4v) is 3.78. The summed E-state index contributed by atoms with van der Waals surface area (Å²) in [6.45, 7) is 4.20. The van der Waals surface area contributed by atoms with Crippen molar-refractivity contribution in [3.63, 3.8) is 0 Å². The molecule has 0 spiro atoms. The lowest BCUT2D eigenvalue weighted by Crippen LogP contribution is -2.01. The van der Waals surface area contributed by atoms with Crippen LogP contribution in [0, 0.1) is 13.8 Å². The third-order valence-electron chi connectivity index (χ3n) is 5.81. The van der Waals surface area contributed by atoms with Crippen molar-refractivity contribution in [2.75, 3.05) is 28.4 Å². The van der Waals surface area contributed by atoms with E-state index >= 15 is 0 Å². The smallest absolute Gasteiger partial charge is 0.132 e. The van der Waals surface area contributed by atoms with Gasteiger partial charge in [-0.1, -0.05) is 6.07 Å². The molecule has 0 saturated heterocycles. The first kappa shape index (κ1) is 22.3. The lowest BCUT2D eigenvalue weighted by atomic mass is 10.1. The largest absolute Gasteiger partial charge is 0.497 e. The molecule has 0 bridgehead atoms. The summed E-state index contributed by atoms with van der Waals surface area (Å²) in [4.78, 5) is 0. The van der Waals surface area contributed by atoms with Gasteiger partial charge in [-0.05, 0) is 67.4 Å². The Kier molecular flexibility index (Phi) is 6.27. The Bertz CT molecular complexity index is 1290. The maximum atomic E-state index is 5.70. The van der Waals surface area contributed by atoms with E-state index in [1.807, 2.05) is 47.1 Å². The highest BCUT2D eigenvalue weighted by Crippen LogP contribution is 2.39. The van der Waals surface area contributed by atoms with E-state index in [0.717, 1.165) is 39.7 Å². The quantitative estimate of drug-likeness (QED) is 0.357. The summed E-state index contributed by atoms with van der Waals surface area (Å²) in [7, 11) is 6.58. The molecule has 0 fully saturated rings.